The van der Waals surface area contributed by atoms with Crippen LogP contribution in [0.25, 0.3) is 0 Å². The molecular formula is C7H9F2N3. The predicted molar refractivity (Wildman–Crippen MR) is 40.1 cm³/mol. The van der Waals surface area contributed by atoms with E-state index in [-0.39, 0.29) is 6.54 Å². The second kappa shape index (κ2) is 3.55. The Morgan fingerprint density at radius 2 is 2.17 bits per heavy atom. The van der Waals surface area contributed by atoms with Crippen LogP contribution >= 0.6 is 0 Å². The molecule has 1 unspecified atom stereocenters. The Labute approximate surface area is 68.4 Å². The van der Waals surface area contributed by atoms with Gasteiger partial charge in [0.15, 0.2) is 5.82 Å². The molecule has 66 valence electrons. The molecule has 4 N–H and O–H groups in total. The van der Waals surface area contributed by atoms with Gasteiger partial charge in [-0.25, -0.2) is 9.37 Å². The van der Waals surface area contributed by atoms with Crippen LogP contribution < -0.4 is 11.5 Å². The van der Waals surface area contributed by atoms with E-state index in [2.05, 4.69) is 4.98 Å². The highest BCUT2D eigenvalue weighted by Gasteiger charge is 2.08. The molecule has 0 saturated heterocycles. The maximum atomic E-state index is 12.5. The second-order valence-electron chi connectivity index (χ2n) is 2.38. The van der Waals surface area contributed by atoms with Gasteiger partial charge in [0.2, 0.25) is 5.95 Å². The summed E-state index contributed by atoms with van der Waals surface area (Å²) in [6, 6.07) is 0.507. The highest BCUT2D eigenvalue weighted by Crippen LogP contribution is 2.10. The van der Waals surface area contributed by atoms with E-state index in [4.69, 9.17) is 11.5 Å². The number of aromatic nitrogens is 1. The fourth-order valence-corrected chi connectivity index (χ4v) is 0.775. The molecule has 1 aromatic rings. The summed E-state index contributed by atoms with van der Waals surface area (Å²) in [5.41, 5.74) is 11.1. The van der Waals surface area contributed by atoms with E-state index in [1.165, 1.54) is 6.20 Å². The minimum absolute atomic E-state index is 0.173. The first kappa shape index (κ1) is 9.02. The Morgan fingerprint density at radius 3 is 2.67 bits per heavy atom. The first-order valence-corrected chi connectivity index (χ1v) is 3.41. The molecule has 0 aliphatic heterocycles. The molecule has 12 heavy (non-hydrogen) atoms. The van der Waals surface area contributed by atoms with Gasteiger partial charge >= 0.3 is 0 Å². The lowest BCUT2D eigenvalue weighted by molar-refractivity contribution is 0.475. The van der Waals surface area contributed by atoms with Crippen molar-refractivity contribution in [2.75, 3.05) is 6.54 Å². The standard InChI is InChI=1S/C7H9F2N3/c8-5-1-4(6(11)2-10)3-12-7(5)9/h1,3,6H,2,10-11H2. The Balaban J connectivity index is 2.96. The van der Waals surface area contributed by atoms with Gasteiger partial charge in [0.25, 0.3) is 0 Å². The van der Waals surface area contributed by atoms with E-state index < -0.39 is 17.8 Å². The van der Waals surface area contributed by atoms with Gasteiger partial charge in [-0.3, -0.25) is 0 Å². The van der Waals surface area contributed by atoms with Gasteiger partial charge in [-0.15, -0.1) is 0 Å². The molecule has 1 heterocycles. The Hall–Kier alpha value is -1.07. The van der Waals surface area contributed by atoms with Gasteiger partial charge in [-0.1, -0.05) is 0 Å². The number of hydrogen-bond acceptors (Lipinski definition) is 3. The summed E-state index contributed by atoms with van der Waals surface area (Å²) in [6.45, 7) is 0.173. The van der Waals surface area contributed by atoms with E-state index in [0.717, 1.165) is 6.07 Å². The van der Waals surface area contributed by atoms with Crippen LogP contribution in [-0.2, 0) is 0 Å². The first-order chi connectivity index (χ1) is 5.65. The van der Waals surface area contributed by atoms with Gasteiger partial charge < -0.3 is 11.5 Å². The summed E-state index contributed by atoms with van der Waals surface area (Å²) in [6.07, 6.45) is 1.18. The largest absolute Gasteiger partial charge is 0.329 e. The summed E-state index contributed by atoms with van der Waals surface area (Å²) in [4.78, 5) is 3.17. The molecule has 0 fully saturated rings. The molecule has 0 saturated carbocycles. The number of nitrogens with two attached hydrogens (primary N) is 2. The van der Waals surface area contributed by atoms with Crippen molar-refractivity contribution in [1.82, 2.24) is 4.98 Å². The normalized spacial score (nSPS) is 13.0. The topological polar surface area (TPSA) is 64.9 Å². The Kier molecular flexibility index (Phi) is 2.67. The van der Waals surface area contributed by atoms with Crippen molar-refractivity contribution < 1.29 is 8.78 Å². The highest BCUT2D eigenvalue weighted by molar-refractivity contribution is 5.15. The van der Waals surface area contributed by atoms with Crippen molar-refractivity contribution in [3.63, 3.8) is 0 Å². The van der Waals surface area contributed by atoms with E-state index in [1.807, 2.05) is 0 Å². The quantitative estimate of drug-likeness (QED) is 0.633. The summed E-state index contributed by atoms with van der Waals surface area (Å²) in [5.74, 6) is -2.13. The van der Waals surface area contributed by atoms with E-state index >= 15 is 0 Å². The fourth-order valence-electron chi connectivity index (χ4n) is 0.775. The maximum absolute atomic E-state index is 12.5. The van der Waals surface area contributed by atoms with Crippen molar-refractivity contribution in [1.29, 1.82) is 0 Å². The summed E-state index contributed by atoms with van der Waals surface area (Å²) in [5, 5.41) is 0. The molecule has 0 bridgehead atoms. The zero-order valence-electron chi connectivity index (χ0n) is 6.30. The van der Waals surface area contributed by atoms with Gasteiger partial charge in [0.05, 0.1) is 0 Å². The number of hydrogen-bond donors (Lipinski definition) is 2. The average molecular weight is 173 g/mol. The molecule has 0 spiro atoms. The van der Waals surface area contributed by atoms with Crippen LogP contribution in [0.1, 0.15) is 11.6 Å². The minimum Gasteiger partial charge on any atom is -0.329 e. The van der Waals surface area contributed by atoms with Crippen LogP contribution in [0.5, 0.6) is 0 Å². The maximum Gasteiger partial charge on any atom is 0.248 e. The van der Waals surface area contributed by atoms with Gasteiger partial charge in [-0.05, 0) is 11.6 Å². The molecule has 0 aliphatic carbocycles. The molecular weight excluding hydrogens is 164 g/mol. The fraction of sp³-hybridized carbons (Fsp3) is 0.286. The van der Waals surface area contributed by atoms with Crippen molar-refractivity contribution >= 4 is 0 Å². The van der Waals surface area contributed by atoms with Crippen molar-refractivity contribution in [2.45, 2.75) is 6.04 Å². The zero-order valence-corrected chi connectivity index (χ0v) is 6.30. The van der Waals surface area contributed by atoms with Gasteiger partial charge in [0, 0.05) is 18.8 Å². The summed E-state index contributed by atoms with van der Waals surface area (Å²) >= 11 is 0. The van der Waals surface area contributed by atoms with Crippen molar-refractivity contribution in [3.8, 4) is 0 Å². The van der Waals surface area contributed by atoms with Crippen LogP contribution in [0.15, 0.2) is 12.3 Å². The lowest BCUT2D eigenvalue weighted by atomic mass is 10.1. The van der Waals surface area contributed by atoms with E-state index in [1.54, 1.807) is 0 Å². The molecule has 0 aliphatic rings. The smallest absolute Gasteiger partial charge is 0.248 e. The monoisotopic (exact) mass is 173 g/mol. The zero-order chi connectivity index (χ0) is 9.14. The number of nitrogens with zero attached hydrogens (tertiary/aromatic N) is 1. The van der Waals surface area contributed by atoms with E-state index in [0.29, 0.717) is 5.56 Å². The highest BCUT2D eigenvalue weighted by atomic mass is 19.2. The van der Waals surface area contributed by atoms with Gasteiger partial charge in [0.1, 0.15) is 0 Å². The van der Waals surface area contributed by atoms with E-state index in [9.17, 15) is 8.78 Å². The first-order valence-electron chi connectivity index (χ1n) is 3.41. The number of halogens is 2. The SMILES string of the molecule is NCC(N)c1cnc(F)c(F)c1. The van der Waals surface area contributed by atoms with Crippen LogP contribution in [0.4, 0.5) is 8.78 Å². The lowest BCUT2D eigenvalue weighted by Crippen LogP contribution is -2.21. The van der Waals surface area contributed by atoms with Crippen LogP contribution in [-0.4, -0.2) is 11.5 Å². The molecule has 0 radical (unpaired) electrons. The third-order valence-electron chi connectivity index (χ3n) is 1.50. The minimum atomic E-state index is -1.12. The average Bonchev–Trinajstić information content (AvgIpc) is 2.08. The molecule has 1 aromatic heterocycles. The third kappa shape index (κ3) is 1.75. The Morgan fingerprint density at radius 1 is 1.50 bits per heavy atom. The van der Waals surface area contributed by atoms with Crippen LogP contribution in [0.3, 0.4) is 0 Å². The molecule has 0 amide bonds. The molecule has 1 rings (SSSR count). The van der Waals surface area contributed by atoms with Gasteiger partial charge in [-0.2, -0.15) is 4.39 Å². The Bertz CT molecular complexity index is 277. The molecule has 3 nitrogen and oxygen atoms in total. The van der Waals surface area contributed by atoms with Crippen LogP contribution in [0, 0.1) is 11.8 Å². The molecule has 1 atom stereocenters. The summed E-state index contributed by atoms with van der Waals surface area (Å²) < 4.78 is 24.8. The molecule has 0 aromatic carbocycles. The third-order valence-corrected chi connectivity index (χ3v) is 1.50. The second-order valence-corrected chi connectivity index (χ2v) is 2.38. The van der Waals surface area contributed by atoms with Crippen molar-refractivity contribution in [3.05, 3.63) is 29.6 Å². The summed E-state index contributed by atoms with van der Waals surface area (Å²) in [7, 11) is 0. The van der Waals surface area contributed by atoms with Crippen molar-refractivity contribution in [2.24, 2.45) is 11.5 Å². The number of pyridine rings is 1. The lowest BCUT2D eigenvalue weighted by Gasteiger charge is -2.07. The predicted octanol–water partition coefficient (Wildman–Crippen LogP) is 0.318. The van der Waals surface area contributed by atoms with Crippen LogP contribution in [0.2, 0.25) is 0 Å². The molecule has 5 heteroatoms. The number of rotatable bonds is 2.